The number of sulfone groups is 1. The standard InChI is InChI=1S/C14H16N2O2S/c1-19(17,18)14-9-7-13(8-10-14)16(15)11-12-5-3-2-4-6-12/h2-10H,11,15H2,1H3. The number of rotatable bonds is 4. The summed E-state index contributed by atoms with van der Waals surface area (Å²) in [4.78, 5) is 0.296. The van der Waals surface area contributed by atoms with Crippen molar-refractivity contribution >= 4 is 15.5 Å². The summed E-state index contributed by atoms with van der Waals surface area (Å²) in [5, 5.41) is 1.58. The minimum atomic E-state index is -3.16. The van der Waals surface area contributed by atoms with Crippen molar-refractivity contribution in [3.05, 3.63) is 60.2 Å². The summed E-state index contributed by atoms with van der Waals surface area (Å²) in [5.41, 5.74) is 1.87. The number of nitrogens with two attached hydrogens (primary N) is 1. The summed E-state index contributed by atoms with van der Waals surface area (Å²) < 4.78 is 22.7. The maximum Gasteiger partial charge on any atom is 0.175 e. The average Bonchev–Trinajstić information content (AvgIpc) is 2.39. The minimum absolute atomic E-state index is 0.296. The van der Waals surface area contributed by atoms with Crippen LogP contribution in [-0.2, 0) is 16.4 Å². The fourth-order valence-corrected chi connectivity index (χ4v) is 2.39. The Morgan fingerprint density at radius 2 is 1.58 bits per heavy atom. The van der Waals surface area contributed by atoms with Gasteiger partial charge in [0.25, 0.3) is 0 Å². The molecule has 5 heteroatoms. The maximum atomic E-state index is 11.4. The molecular formula is C14H16N2O2S. The molecule has 0 aliphatic rings. The molecule has 100 valence electrons. The van der Waals surface area contributed by atoms with E-state index in [1.54, 1.807) is 29.3 Å². The molecule has 0 aliphatic carbocycles. The Balaban J connectivity index is 2.14. The molecule has 0 saturated heterocycles. The van der Waals surface area contributed by atoms with Gasteiger partial charge in [0.15, 0.2) is 9.84 Å². The first-order valence-corrected chi connectivity index (χ1v) is 7.72. The van der Waals surface area contributed by atoms with E-state index in [-0.39, 0.29) is 0 Å². The van der Waals surface area contributed by atoms with Crippen LogP contribution in [0, 0.1) is 0 Å². The second-order valence-corrected chi connectivity index (χ2v) is 6.40. The van der Waals surface area contributed by atoms with E-state index in [2.05, 4.69) is 0 Å². The molecule has 0 bridgehead atoms. The van der Waals surface area contributed by atoms with Gasteiger partial charge in [-0.15, -0.1) is 0 Å². The third-order valence-corrected chi connectivity index (χ3v) is 3.92. The maximum absolute atomic E-state index is 11.4. The molecule has 19 heavy (non-hydrogen) atoms. The van der Waals surface area contributed by atoms with Crippen molar-refractivity contribution in [1.82, 2.24) is 0 Å². The minimum Gasteiger partial charge on any atom is -0.307 e. The van der Waals surface area contributed by atoms with Crippen LogP contribution >= 0.6 is 0 Å². The van der Waals surface area contributed by atoms with E-state index >= 15 is 0 Å². The summed E-state index contributed by atoms with van der Waals surface area (Å²) in [5.74, 6) is 5.97. The molecule has 0 fully saturated rings. The van der Waals surface area contributed by atoms with E-state index < -0.39 is 9.84 Å². The Morgan fingerprint density at radius 3 is 2.11 bits per heavy atom. The molecular weight excluding hydrogens is 260 g/mol. The molecule has 2 aromatic rings. The number of anilines is 1. The van der Waals surface area contributed by atoms with Crippen molar-refractivity contribution in [1.29, 1.82) is 0 Å². The smallest absolute Gasteiger partial charge is 0.175 e. The fourth-order valence-electron chi connectivity index (χ4n) is 1.76. The highest BCUT2D eigenvalue weighted by molar-refractivity contribution is 7.90. The van der Waals surface area contributed by atoms with E-state index in [1.807, 2.05) is 30.3 Å². The van der Waals surface area contributed by atoms with Gasteiger partial charge in [0.05, 0.1) is 17.1 Å². The monoisotopic (exact) mass is 276 g/mol. The molecule has 0 spiro atoms. The lowest BCUT2D eigenvalue weighted by Gasteiger charge is -2.19. The van der Waals surface area contributed by atoms with Gasteiger partial charge >= 0.3 is 0 Å². The number of benzene rings is 2. The summed E-state index contributed by atoms with van der Waals surface area (Å²) >= 11 is 0. The third-order valence-electron chi connectivity index (χ3n) is 2.79. The van der Waals surface area contributed by atoms with Gasteiger partial charge in [-0.1, -0.05) is 30.3 Å². The van der Waals surface area contributed by atoms with Gasteiger partial charge in [0, 0.05) is 6.26 Å². The van der Waals surface area contributed by atoms with Gasteiger partial charge in [-0.05, 0) is 29.8 Å². The van der Waals surface area contributed by atoms with Crippen LogP contribution in [0.4, 0.5) is 5.69 Å². The fraction of sp³-hybridized carbons (Fsp3) is 0.143. The van der Waals surface area contributed by atoms with Crippen LogP contribution in [0.15, 0.2) is 59.5 Å². The van der Waals surface area contributed by atoms with Crippen molar-refractivity contribution in [2.24, 2.45) is 5.84 Å². The first kappa shape index (κ1) is 13.6. The molecule has 0 unspecified atom stereocenters. The SMILES string of the molecule is CS(=O)(=O)c1ccc(N(N)Cc2ccccc2)cc1. The van der Waals surface area contributed by atoms with E-state index in [9.17, 15) is 8.42 Å². The molecule has 0 aliphatic heterocycles. The van der Waals surface area contributed by atoms with Crippen molar-refractivity contribution in [2.75, 3.05) is 11.3 Å². The van der Waals surface area contributed by atoms with Crippen LogP contribution in [0.25, 0.3) is 0 Å². The molecule has 0 radical (unpaired) electrons. The second-order valence-electron chi connectivity index (χ2n) is 4.38. The first-order chi connectivity index (χ1) is 8.97. The zero-order valence-corrected chi connectivity index (χ0v) is 11.5. The van der Waals surface area contributed by atoms with Crippen molar-refractivity contribution < 1.29 is 8.42 Å². The zero-order valence-electron chi connectivity index (χ0n) is 10.7. The van der Waals surface area contributed by atoms with Crippen molar-refractivity contribution in [3.63, 3.8) is 0 Å². The lowest BCUT2D eigenvalue weighted by Crippen LogP contribution is -2.29. The Labute approximate surface area is 113 Å². The highest BCUT2D eigenvalue weighted by Gasteiger charge is 2.08. The Bertz CT molecular complexity index is 637. The van der Waals surface area contributed by atoms with Gasteiger partial charge in [0.2, 0.25) is 0 Å². The second kappa shape index (κ2) is 5.42. The van der Waals surface area contributed by atoms with Crippen LogP contribution in [-0.4, -0.2) is 14.7 Å². The molecule has 0 amide bonds. The summed E-state index contributed by atoms with van der Waals surface area (Å²) in [6.45, 7) is 0.569. The predicted molar refractivity (Wildman–Crippen MR) is 76.4 cm³/mol. The Kier molecular flexibility index (Phi) is 3.87. The number of hydrogen-bond donors (Lipinski definition) is 1. The van der Waals surface area contributed by atoms with Crippen molar-refractivity contribution in [3.8, 4) is 0 Å². The molecule has 0 heterocycles. The molecule has 2 N–H and O–H groups in total. The molecule has 2 rings (SSSR count). The predicted octanol–water partition coefficient (Wildman–Crippen LogP) is 1.97. The summed E-state index contributed by atoms with van der Waals surface area (Å²) in [6, 6.07) is 16.4. The van der Waals surface area contributed by atoms with Gasteiger partial charge in [-0.25, -0.2) is 14.3 Å². The van der Waals surface area contributed by atoms with Crippen LogP contribution in [0.5, 0.6) is 0 Å². The van der Waals surface area contributed by atoms with Gasteiger partial charge in [-0.3, -0.25) is 0 Å². The first-order valence-electron chi connectivity index (χ1n) is 5.83. The molecule has 0 aromatic heterocycles. The van der Waals surface area contributed by atoms with E-state index in [0.717, 1.165) is 11.3 Å². The third kappa shape index (κ3) is 3.56. The van der Waals surface area contributed by atoms with Crippen LogP contribution in [0.3, 0.4) is 0 Å². The van der Waals surface area contributed by atoms with E-state index in [1.165, 1.54) is 6.26 Å². The molecule has 2 aromatic carbocycles. The molecule has 0 atom stereocenters. The average molecular weight is 276 g/mol. The van der Waals surface area contributed by atoms with Gasteiger partial charge in [0.1, 0.15) is 0 Å². The highest BCUT2D eigenvalue weighted by Crippen LogP contribution is 2.17. The normalized spacial score (nSPS) is 11.3. The quantitative estimate of drug-likeness (QED) is 0.685. The van der Waals surface area contributed by atoms with Gasteiger partial charge < -0.3 is 5.01 Å². The van der Waals surface area contributed by atoms with Crippen LogP contribution in [0.2, 0.25) is 0 Å². The van der Waals surface area contributed by atoms with Gasteiger partial charge in [-0.2, -0.15) is 0 Å². The summed E-state index contributed by atoms with van der Waals surface area (Å²) in [6.07, 6.45) is 1.19. The Hall–Kier alpha value is -1.85. The van der Waals surface area contributed by atoms with Crippen LogP contribution in [0.1, 0.15) is 5.56 Å². The molecule has 4 nitrogen and oxygen atoms in total. The van der Waals surface area contributed by atoms with Crippen molar-refractivity contribution in [2.45, 2.75) is 11.4 Å². The topological polar surface area (TPSA) is 63.4 Å². The number of hydrogen-bond acceptors (Lipinski definition) is 4. The van der Waals surface area contributed by atoms with E-state index in [4.69, 9.17) is 5.84 Å². The summed E-state index contributed by atoms with van der Waals surface area (Å²) in [7, 11) is -3.16. The largest absolute Gasteiger partial charge is 0.307 e. The number of nitrogens with zero attached hydrogens (tertiary/aromatic N) is 1. The zero-order chi connectivity index (χ0) is 13.9. The number of hydrazine groups is 1. The lowest BCUT2D eigenvalue weighted by molar-refractivity contribution is 0.602. The molecule has 0 saturated carbocycles. The van der Waals surface area contributed by atoms with E-state index in [0.29, 0.717) is 11.4 Å². The highest BCUT2D eigenvalue weighted by atomic mass is 32.2. The Morgan fingerprint density at radius 1 is 1.00 bits per heavy atom. The lowest BCUT2D eigenvalue weighted by atomic mass is 10.2. The van der Waals surface area contributed by atoms with Crippen LogP contribution < -0.4 is 10.9 Å².